The molecule has 1 fully saturated rings. The van der Waals surface area contributed by atoms with E-state index in [9.17, 15) is 23.7 Å². The second-order valence-electron chi connectivity index (χ2n) is 3.34. The van der Waals surface area contributed by atoms with E-state index < -0.39 is 47.6 Å². The predicted molar refractivity (Wildman–Crippen MR) is 48.5 cm³/mol. The van der Waals surface area contributed by atoms with Crippen LogP contribution < -0.4 is 4.72 Å². The minimum absolute atomic E-state index is 0.686. The van der Waals surface area contributed by atoms with E-state index in [4.69, 9.17) is 14.4 Å². The summed E-state index contributed by atoms with van der Waals surface area (Å²) in [6, 6.07) is 0. The zero-order valence-corrected chi connectivity index (χ0v) is 8.78. The Balaban J connectivity index is 2.79. The summed E-state index contributed by atoms with van der Waals surface area (Å²) in [5, 5.41) is 36.7. The maximum atomic E-state index is 10.5. The van der Waals surface area contributed by atoms with Crippen molar-refractivity contribution in [1.82, 2.24) is 4.72 Å². The van der Waals surface area contributed by atoms with Gasteiger partial charge in [0.15, 0.2) is 6.23 Å². The standard InChI is InChI=1S/C6H13NO8S/c8-1-2-3(9)4(10)5(11)6(15-2)7-16(12,13)14/h2-11H,1H2,(H,12,13,14)/t2-,3-,4+,5-,6-/m1/s1. The van der Waals surface area contributed by atoms with Crippen molar-refractivity contribution in [2.45, 2.75) is 30.6 Å². The van der Waals surface area contributed by atoms with E-state index >= 15 is 0 Å². The number of rotatable bonds is 3. The van der Waals surface area contributed by atoms with Crippen molar-refractivity contribution >= 4 is 10.3 Å². The molecule has 9 nitrogen and oxygen atoms in total. The molecule has 0 saturated carbocycles. The van der Waals surface area contributed by atoms with Gasteiger partial charge in [0.25, 0.3) is 0 Å². The molecule has 0 unspecified atom stereocenters. The third-order valence-electron chi connectivity index (χ3n) is 2.16. The molecule has 0 spiro atoms. The lowest BCUT2D eigenvalue weighted by Crippen LogP contribution is -2.63. The van der Waals surface area contributed by atoms with Crippen LogP contribution in [0.2, 0.25) is 0 Å². The van der Waals surface area contributed by atoms with E-state index in [2.05, 4.69) is 0 Å². The second kappa shape index (κ2) is 4.89. The van der Waals surface area contributed by atoms with Gasteiger partial charge in [0.2, 0.25) is 0 Å². The van der Waals surface area contributed by atoms with Crippen molar-refractivity contribution in [2.24, 2.45) is 0 Å². The Morgan fingerprint density at radius 2 is 1.69 bits per heavy atom. The maximum Gasteiger partial charge on any atom is 0.335 e. The van der Waals surface area contributed by atoms with Crippen LogP contribution in [0.5, 0.6) is 0 Å². The Hall–Kier alpha value is -0.330. The largest absolute Gasteiger partial charge is 0.394 e. The first-order chi connectivity index (χ1) is 7.26. The summed E-state index contributed by atoms with van der Waals surface area (Å²) in [5.41, 5.74) is 0. The summed E-state index contributed by atoms with van der Waals surface area (Å²) < 4.78 is 35.7. The third kappa shape index (κ3) is 3.09. The Morgan fingerprint density at radius 3 is 2.12 bits per heavy atom. The molecule has 1 aliphatic rings. The van der Waals surface area contributed by atoms with Gasteiger partial charge in [-0.25, -0.2) is 0 Å². The van der Waals surface area contributed by atoms with Gasteiger partial charge in [0, 0.05) is 0 Å². The molecule has 0 aromatic heterocycles. The summed E-state index contributed by atoms with van der Waals surface area (Å²) in [7, 11) is -4.64. The molecule has 0 amide bonds. The predicted octanol–water partition coefficient (Wildman–Crippen LogP) is -3.82. The van der Waals surface area contributed by atoms with Crippen LogP contribution in [-0.4, -0.2) is 70.6 Å². The Morgan fingerprint density at radius 1 is 1.12 bits per heavy atom. The van der Waals surface area contributed by atoms with Crippen LogP contribution in [0.4, 0.5) is 0 Å². The number of nitrogens with one attached hydrogen (secondary N) is 1. The van der Waals surface area contributed by atoms with Gasteiger partial charge >= 0.3 is 10.3 Å². The van der Waals surface area contributed by atoms with Crippen LogP contribution in [0.3, 0.4) is 0 Å². The lowest BCUT2D eigenvalue weighted by molar-refractivity contribution is -0.231. The quantitative estimate of drug-likeness (QED) is 0.281. The number of hydrogen-bond acceptors (Lipinski definition) is 7. The first-order valence-electron chi connectivity index (χ1n) is 4.31. The second-order valence-corrected chi connectivity index (χ2v) is 4.53. The van der Waals surface area contributed by atoms with Gasteiger partial charge in [0.1, 0.15) is 24.4 Å². The maximum absolute atomic E-state index is 10.5. The summed E-state index contributed by atoms with van der Waals surface area (Å²) in [6.07, 6.45) is -7.94. The van der Waals surface area contributed by atoms with Gasteiger partial charge < -0.3 is 25.2 Å². The molecule has 1 rings (SSSR count). The third-order valence-corrected chi connectivity index (χ3v) is 2.69. The lowest BCUT2D eigenvalue weighted by atomic mass is 9.99. The van der Waals surface area contributed by atoms with Crippen LogP contribution in [0.25, 0.3) is 0 Å². The minimum atomic E-state index is -4.64. The zero-order chi connectivity index (χ0) is 12.5. The molecule has 1 aliphatic heterocycles. The van der Waals surface area contributed by atoms with E-state index in [1.807, 2.05) is 0 Å². The molecule has 0 aromatic carbocycles. The number of ether oxygens (including phenoxy) is 1. The molecule has 1 heterocycles. The van der Waals surface area contributed by atoms with Gasteiger partial charge in [-0.2, -0.15) is 13.1 Å². The van der Waals surface area contributed by atoms with Crippen molar-refractivity contribution in [3.8, 4) is 0 Å². The molecule has 0 aromatic rings. The smallest absolute Gasteiger partial charge is 0.335 e. The van der Waals surface area contributed by atoms with Crippen molar-refractivity contribution in [1.29, 1.82) is 0 Å². The van der Waals surface area contributed by atoms with Gasteiger partial charge in [-0.15, -0.1) is 0 Å². The van der Waals surface area contributed by atoms with E-state index in [1.54, 1.807) is 0 Å². The fraction of sp³-hybridized carbons (Fsp3) is 1.00. The summed E-state index contributed by atoms with van der Waals surface area (Å²) in [6.45, 7) is -0.686. The Labute approximate surface area is 91.2 Å². The minimum Gasteiger partial charge on any atom is -0.394 e. The van der Waals surface area contributed by atoms with Gasteiger partial charge in [-0.1, -0.05) is 0 Å². The molecule has 0 radical (unpaired) electrons. The van der Waals surface area contributed by atoms with Crippen molar-refractivity contribution in [3.05, 3.63) is 0 Å². The van der Waals surface area contributed by atoms with Gasteiger partial charge in [0.05, 0.1) is 6.61 Å². The highest BCUT2D eigenvalue weighted by Gasteiger charge is 2.44. The van der Waals surface area contributed by atoms with Gasteiger partial charge in [-0.3, -0.25) is 4.55 Å². The molecule has 16 heavy (non-hydrogen) atoms. The number of aliphatic hydroxyl groups excluding tert-OH is 4. The molecule has 5 atom stereocenters. The molecule has 1 saturated heterocycles. The van der Waals surface area contributed by atoms with Crippen molar-refractivity contribution in [2.75, 3.05) is 6.61 Å². The SMILES string of the molecule is O=S(=O)(O)N[C@@H]1O[C@H](CO)[C@@H](O)[C@H](O)[C@H]1O. The van der Waals surface area contributed by atoms with E-state index in [-0.39, 0.29) is 0 Å². The normalized spacial score (nSPS) is 40.9. The summed E-state index contributed by atoms with van der Waals surface area (Å²) >= 11 is 0. The van der Waals surface area contributed by atoms with Crippen LogP contribution in [-0.2, 0) is 15.0 Å². The van der Waals surface area contributed by atoms with Gasteiger partial charge in [-0.05, 0) is 0 Å². The van der Waals surface area contributed by atoms with Crippen LogP contribution in [0.1, 0.15) is 0 Å². The highest BCUT2D eigenvalue weighted by atomic mass is 32.2. The fourth-order valence-electron chi connectivity index (χ4n) is 1.35. The topological polar surface area (TPSA) is 157 Å². The molecule has 6 N–H and O–H groups in total. The first-order valence-corrected chi connectivity index (χ1v) is 5.75. The highest BCUT2D eigenvalue weighted by molar-refractivity contribution is 7.83. The lowest BCUT2D eigenvalue weighted by Gasteiger charge is -2.39. The van der Waals surface area contributed by atoms with Crippen molar-refractivity contribution in [3.63, 3.8) is 0 Å². The van der Waals surface area contributed by atoms with E-state index in [0.29, 0.717) is 0 Å². The average molecular weight is 259 g/mol. The molecule has 0 bridgehead atoms. The zero-order valence-electron chi connectivity index (χ0n) is 7.96. The fourth-order valence-corrected chi connectivity index (χ4v) is 1.83. The Bertz CT molecular complexity index is 329. The van der Waals surface area contributed by atoms with Crippen LogP contribution in [0, 0.1) is 0 Å². The average Bonchev–Trinajstić information content (AvgIpc) is 2.17. The monoisotopic (exact) mass is 259 g/mol. The van der Waals surface area contributed by atoms with Crippen LogP contribution in [0.15, 0.2) is 0 Å². The summed E-state index contributed by atoms with van der Waals surface area (Å²) in [5.74, 6) is 0. The van der Waals surface area contributed by atoms with Crippen molar-refractivity contribution < 1.29 is 38.1 Å². The van der Waals surface area contributed by atoms with E-state index in [1.165, 1.54) is 4.72 Å². The number of aliphatic hydroxyl groups is 4. The number of hydrogen-bond donors (Lipinski definition) is 6. The molecule has 10 heteroatoms. The summed E-state index contributed by atoms with van der Waals surface area (Å²) in [4.78, 5) is 0. The Kier molecular flexibility index (Phi) is 4.20. The first kappa shape index (κ1) is 13.7. The molecule has 0 aliphatic carbocycles. The molecular formula is C6H13NO8S. The highest BCUT2D eigenvalue weighted by Crippen LogP contribution is 2.19. The molecular weight excluding hydrogens is 246 g/mol. The molecule has 96 valence electrons. The van der Waals surface area contributed by atoms with E-state index in [0.717, 1.165) is 0 Å². The van der Waals surface area contributed by atoms with Crippen LogP contribution >= 0.6 is 0 Å².